The summed E-state index contributed by atoms with van der Waals surface area (Å²) < 4.78 is 2.21. The van der Waals surface area contributed by atoms with Crippen molar-refractivity contribution in [2.24, 2.45) is 0 Å². The molecule has 0 aliphatic heterocycles. The smallest absolute Gasteiger partial charge is 0.272 e. The number of amides is 1. The van der Waals surface area contributed by atoms with Crippen molar-refractivity contribution in [2.45, 2.75) is 30.8 Å². The van der Waals surface area contributed by atoms with Gasteiger partial charge in [0.2, 0.25) is 5.91 Å². The predicted molar refractivity (Wildman–Crippen MR) is 105 cm³/mol. The van der Waals surface area contributed by atoms with E-state index in [1.54, 1.807) is 35.8 Å². The van der Waals surface area contributed by atoms with Crippen LogP contribution >= 0.6 is 23.1 Å². The van der Waals surface area contributed by atoms with Crippen LogP contribution < -0.4 is 10.9 Å². The highest BCUT2D eigenvalue weighted by molar-refractivity contribution is 8.00. The van der Waals surface area contributed by atoms with E-state index in [9.17, 15) is 9.59 Å². The standard InChI is InChI=1S/C18H16N4O2S2/c1-3-22-17(24)15-14(7-8-25-15)21-18(22)26-11(2)16(23)20-13-6-4-5-12(9-13)10-19/h4-9,11H,3H2,1-2H3,(H,20,23). The van der Waals surface area contributed by atoms with Crippen molar-refractivity contribution in [3.8, 4) is 6.07 Å². The molecule has 3 rings (SSSR count). The zero-order valence-corrected chi connectivity index (χ0v) is 15.9. The van der Waals surface area contributed by atoms with Crippen molar-refractivity contribution in [3.05, 3.63) is 51.6 Å². The first-order valence-electron chi connectivity index (χ1n) is 7.99. The van der Waals surface area contributed by atoms with Crippen molar-refractivity contribution >= 4 is 44.9 Å². The number of thioether (sulfide) groups is 1. The Balaban J connectivity index is 1.82. The molecule has 1 N–H and O–H groups in total. The van der Waals surface area contributed by atoms with Crippen molar-refractivity contribution in [3.63, 3.8) is 0 Å². The lowest BCUT2D eigenvalue weighted by atomic mass is 10.2. The van der Waals surface area contributed by atoms with Gasteiger partial charge in [-0.05, 0) is 43.5 Å². The van der Waals surface area contributed by atoms with Gasteiger partial charge in [-0.1, -0.05) is 17.8 Å². The van der Waals surface area contributed by atoms with Gasteiger partial charge in [0.05, 0.1) is 22.4 Å². The number of rotatable bonds is 5. The van der Waals surface area contributed by atoms with Gasteiger partial charge in [-0.2, -0.15) is 5.26 Å². The Morgan fingerprint density at radius 1 is 1.46 bits per heavy atom. The fraction of sp³-hybridized carbons (Fsp3) is 0.222. The second-order valence-corrected chi connectivity index (χ2v) is 7.74. The highest BCUT2D eigenvalue weighted by Crippen LogP contribution is 2.25. The van der Waals surface area contributed by atoms with E-state index in [0.29, 0.717) is 33.2 Å². The van der Waals surface area contributed by atoms with Gasteiger partial charge in [-0.25, -0.2) is 4.98 Å². The van der Waals surface area contributed by atoms with Crippen molar-refractivity contribution in [2.75, 3.05) is 5.32 Å². The lowest BCUT2D eigenvalue weighted by Gasteiger charge is -2.14. The number of aromatic nitrogens is 2. The molecule has 8 heteroatoms. The molecule has 0 saturated heterocycles. The summed E-state index contributed by atoms with van der Waals surface area (Å²) in [6.45, 7) is 4.13. The van der Waals surface area contributed by atoms with Crippen molar-refractivity contribution in [1.82, 2.24) is 9.55 Å². The molecule has 0 aliphatic carbocycles. The number of thiophene rings is 1. The van der Waals surface area contributed by atoms with Crippen LogP contribution in [0.4, 0.5) is 5.69 Å². The lowest BCUT2D eigenvalue weighted by Crippen LogP contribution is -2.26. The molecule has 2 aromatic heterocycles. The van der Waals surface area contributed by atoms with Crippen molar-refractivity contribution in [1.29, 1.82) is 5.26 Å². The topological polar surface area (TPSA) is 87.8 Å². The molecule has 1 aromatic carbocycles. The summed E-state index contributed by atoms with van der Waals surface area (Å²) in [5.41, 5.74) is 1.62. The first kappa shape index (κ1) is 18.2. The quantitative estimate of drug-likeness (QED) is 0.537. The summed E-state index contributed by atoms with van der Waals surface area (Å²) in [5.74, 6) is -0.215. The molecule has 2 heterocycles. The van der Waals surface area contributed by atoms with Crippen molar-refractivity contribution < 1.29 is 4.79 Å². The molecule has 1 atom stereocenters. The summed E-state index contributed by atoms with van der Waals surface area (Å²) in [4.78, 5) is 29.6. The average molecular weight is 384 g/mol. The number of hydrogen-bond donors (Lipinski definition) is 1. The highest BCUT2D eigenvalue weighted by atomic mass is 32.2. The monoisotopic (exact) mass is 384 g/mol. The maximum absolute atomic E-state index is 12.5. The molecule has 1 amide bonds. The molecule has 26 heavy (non-hydrogen) atoms. The summed E-state index contributed by atoms with van der Waals surface area (Å²) in [6, 6.07) is 10.6. The number of nitriles is 1. The van der Waals surface area contributed by atoms with Gasteiger partial charge in [0, 0.05) is 12.2 Å². The van der Waals surface area contributed by atoms with Crippen LogP contribution in [0.2, 0.25) is 0 Å². The molecule has 0 radical (unpaired) electrons. The second-order valence-electron chi connectivity index (χ2n) is 5.52. The molecule has 0 fully saturated rings. The number of carbonyl (C=O) groups is 1. The van der Waals surface area contributed by atoms with Crippen LogP contribution in [0.5, 0.6) is 0 Å². The maximum atomic E-state index is 12.5. The van der Waals surface area contributed by atoms with E-state index in [-0.39, 0.29) is 11.5 Å². The molecule has 1 unspecified atom stereocenters. The normalized spacial score (nSPS) is 11.9. The molecule has 3 aromatic rings. The van der Waals surface area contributed by atoms with E-state index < -0.39 is 5.25 Å². The summed E-state index contributed by atoms with van der Waals surface area (Å²) >= 11 is 2.62. The van der Waals surface area contributed by atoms with E-state index in [4.69, 9.17) is 5.26 Å². The van der Waals surface area contributed by atoms with Gasteiger partial charge in [0.15, 0.2) is 5.16 Å². The molecule has 132 valence electrons. The van der Waals surface area contributed by atoms with E-state index in [1.807, 2.05) is 24.4 Å². The van der Waals surface area contributed by atoms with E-state index in [1.165, 1.54) is 23.1 Å². The molecule has 0 bridgehead atoms. The van der Waals surface area contributed by atoms with Gasteiger partial charge in [-0.15, -0.1) is 11.3 Å². The van der Waals surface area contributed by atoms with Crippen LogP contribution in [-0.4, -0.2) is 20.7 Å². The maximum Gasteiger partial charge on any atom is 0.272 e. The Morgan fingerprint density at radius 3 is 3.00 bits per heavy atom. The van der Waals surface area contributed by atoms with Gasteiger partial charge < -0.3 is 5.32 Å². The first-order chi connectivity index (χ1) is 12.5. The number of hydrogen-bond acceptors (Lipinski definition) is 6. The van der Waals surface area contributed by atoms with Crippen LogP contribution in [0.3, 0.4) is 0 Å². The molecule has 6 nitrogen and oxygen atoms in total. The van der Waals surface area contributed by atoms with Crippen LogP contribution in [0.1, 0.15) is 19.4 Å². The highest BCUT2D eigenvalue weighted by Gasteiger charge is 2.19. The van der Waals surface area contributed by atoms with Crippen LogP contribution in [0, 0.1) is 11.3 Å². The zero-order chi connectivity index (χ0) is 18.7. The molecule has 0 spiro atoms. The fourth-order valence-corrected chi connectivity index (χ4v) is 4.17. The number of nitrogens with zero attached hydrogens (tertiary/aromatic N) is 3. The Bertz CT molecular complexity index is 1060. The lowest BCUT2D eigenvalue weighted by molar-refractivity contribution is -0.115. The first-order valence-corrected chi connectivity index (χ1v) is 9.75. The number of benzene rings is 1. The Kier molecular flexibility index (Phi) is 5.40. The van der Waals surface area contributed by atoms with E-state index in [2.05, 4.69) is 10.3 Å². The van der Waals surface area contributed by atoms with Gasteiger partial charge in [0.25, 0.3) is 5.56 Å². The zero-order valence-electron chi connectivity index (χ0n) is 14.2. The van der Waals surface area contributed by atoms with E-state index in [0.717, 1.165) is 0 Å². The number of anilines is 1. The van der Waals surface area contributed by atoms with Gasteiger partial charge >= 0.3 is 0 Å². The second kappa shape index (κ2) is 7.72. The Morgan fingerprint density at radius 2 is 2.27 bits per heavy atom. The van der Waals surface area contributed by atoms with Crippen LogP contribution in [0.25, 0.3) is 10.2 Å². The molecule has 0 saturated carbocycles. The number of carbonyl (C=O) groups excluding carboxylic acids is 1. The third kappa shape index (κ3) is 3.64. The van der Waals surface area contributed by atoms with Crippen LogP contribution in [0.15, 0.2) is 45.7 Å². The summed E-state index contributed by atoms with van der Waals surface area (Å²) in [7, 11) is 0. The Labute approximate surface area is 158 Å². The third-order valence-electron chi connectivity index (χ3n) is 3.76. The molecular weight excluding hydrogens is 368 g/mol. The minimum Gasteiger partial charge on any atom is -0.325 e. The average Bonchev–Trinajstić information content (AvgIpc) is 3.11. The number of fused-ring (bicyclic) bond motifs is 1. The minimum absolute atomic E-state index is 0.0793. The van der Waals surface area contributed by atoms with Crippen LogP contribution in [-0.2, 0) is 11.3 Å². The molecular formula is C18H16N4O2S2. The van der Waals surface area contributed by atoms with Gasteiger partial charge in [0.1, 0.15) is 4.70 Å². The fourth-order valence-electron chi connectivity index (χ4n) is 2.41. The Hall–Kier alpha value is -2.63. The predicted octanol–water partition coefficient (Wildman–Crippen LogP) is 3.47. The summed E-state index contributed by atoms with van der Waals surface area (Å²) in [5, 5.41) is 13.7. The van der Waals surface area contributed by atoms with E-state index >= 15 is 0 Å². The molecule has 0 aliphatic rings. The SMILES string of the molecule is CCn1c(SC(C)C(=O)Nc2cccc(C#N)c2)nc2ccsc2c1=O. The number of nitrogens with one attached hydrogen (secondary N) is 1. The minimum atomic E-state index is -0.457. The largest absolute Gasteiger partial charge is 0.325 e. The summed E-state index contributed by atoms with van der Waals surface area (Å²) in [6.07, 6.45) is 0. The van der Waals surface area contributed by atoms with Gasteiger partial charge in [-0.3, -0.25) is 14.2 Å². The third-order valence-corrected chi connectivity index (χ3v) is 5.74.